The minimum Gasteiger partial charge on any atom is -0.284 e. The van der Waals surface area contributed by atoms with Crippen molar-refractivity contribution in [2.24, 2.45) is 10.1 Å². The Hall–Kier alpha value is -2.77. The summed E-state index contributed by atoms with van der Waals surface area (Å²) in [5.74, 6) is 5.78. The zero-order valence-corrected chi connectivity index (χ0v) is 22.8. The molecule has 2 aromatic rings. The number of hydrogen-bond acceptors (Lipinski definition) is 8. The number of hydrazine groups is 1. The fourth-order valence-corrected chi connectivity index (χ4v) is 5.73. The number of rotatable bonds is 6. The number of sulfone groups is 1. The van der Waals surface area contributed by atoms with Gasteiger partial charge in [-0.3, -0.25) is 15.2 Å². The minimum absolute atomic E-state index is 0.00371. The van der Waals surface area contributed by atoms with Crippen molar-refractivity contribution in [3.63, 3.8) is 0 Å². The van der Waals surface area contributed by atoms with E-state index in [1.807, 2.05) is 24.3 Å². The van der Waals surface area contributed by atoms with Gasteiger partial charge < -0.3 is 0 Å². The van der Waals surface area contributed by atoms with E-state index in [-0.39, 0.29) is 36.5 Å². The molecule has 1 N–H and O–H groups in total. The molecule has 0 radical (unpaired) electrons. The third-order valence-corrected chi connectivity index (χ3v) is 8.15. The Morgan fingerprint density at radius 1 is 1.16 bits per heavy atom. The Labute approximate surface area is 231 Å². The Bertz CT molecular complexity index is 1410. The van der Waals surface area contributed by atoms with Crippen LogP contribution in [0, 0.1) is 11.8 Å². The van der Waals surface area contributed by atoms with Crippen molar-refractivity contribution in [2.45, 2.75) is 18.9 Å². The fourth-order valence-electron chi connectivity index (χ4n) is 3.94. The molecule has 2 aromatic carbocycles. The number of isothiocyanates is 1. The number of nitrogens with one attached hydrogen (secondary N) is 1. The van der Waals surface area contributed by atoms with Crippen LogP contribution in [0.15, 0.2) is 52.6 Å². The van der Waals surface area contributed by atoms with Crippen LogP contribution in [0.5, 0.6) is 0 Å². The van der Waals surface area contributed by atoms with Gasteiger partial charge in [0, 0.05) is 36.5 Å². The van der Waals surface area contributed by atoms with Crippen LogP contribution in [0.25, 0.3) is 0 Å². The smallest absolute Gasteiger partial charge is 0.281 e. The molecule has 192 valence electrons. The fraction of sp³-hybridized carbons (Fsp3) is 0.320. The lowest BCUT2D eigenvalue weighted by atomic mass is 10.00. The average molecular weight is 577 g/mol. The SMILES string of the molecule is O=C(NN1CCS(=O)(=O)CC1)C1=NN(c2ccc(Cl)cc2Cl)[C@@H](c2ccc(C#CCCN=C=S)cc2)C1. The van der Waals surface area contributed by atoms with Crippen LogP contribution in [-0.2, 0) is 14.6 Å². The van der Waals surface area contributed by atoms with Gasteiger partial charge in [-0.1, -0.05) is 47.2 Å². The van der Waals surface area contributed by atoms with Crippen molar-refractivity contribution >= 4 is 67.7 Å². The molecule has 12 heteroatoms. The number of hydrazone groups is 1. The molecule has 0 aromatic heterocycles. The number of halogens is 2. The first-order valence-corrected chi connectivity index (χ1v) is 14.4. The molecule has 0 aliphatic carbocycles. The van der Waals surface area contributed by atoms with Gasteiger partial charge in [-0.15, -0.1) is 0 Å². The van der Waals surface area contributed by atoms with Crippen LogP contribution < -0.4 is 10.4 Å². The monoisotopic (exact) mass is 575 g/mol. The number of benzene rings is 2. The van der Waals surface area contributed by atoms with Crippen LogP contribution in [0.4, 0.5) is 5.69 Å². The van der Waals surface area contributed by atoms with E-state index in [4.69, 9.17) is 23.2 Å². The predicted octanol–water partition coefficient (Wildman–Crippen LogP) is 3.91. The van der Waals surface area contributed by atoms with Crippen molar-refractivity contribution in [3.05, 3.63) is 63.6 Å². The summed E-state index contributed by atoms with van der Waals surface area (Å²) in [5.41, 5.74) is 5.50. The zero-order valence-electron chi connectivity index (χ0n) is 19.7. The lowest BCUT2D eigenvalue weighted by molar-refractivity contribution is -0.119. The molecule has 1 atom stereocenters. The van der Waals surface area contributed by atoms with Gasteiger partial charge in [0.2, 0.25) is 0 Å². The molecule has 2 aliphatic heterocycles. The summed E-state index contributed by atoms with van der Waals surface area (Å²) in [5, 5.41) is 11.2. The summed E-state index contributed by atoms with van der Waals surface area (Å²) in [7, 11) is -3.06. The number of carbonyl (C=O) groups is 1. The number of carbonyl (C=O) groups excluding carboxylic acids is 1. The van der Waals surface area contributed by atoms with Gasteiger partial charge >= 0.3 is 0 Å². The highest BCUT2D eigenvalue weighted by Crippen LogP contribution is 2.39. The third kappa shape index (κ3) is 7.17. The van der Waals surface area contributed by atoms with Crippen LogP contribution in [-0.4, -0.2) is 61.3 Å². The molecule has 0 saturated carbocycles. The lowest BCUT2D eigenvalue weighted by Gasteiger charge is -2.26. The molecule has 0 spiro atoms. The molecule has 1 saturated heterocycles. The Balaban J connectivity index is 1.54. The summed E-state index contributed by atoms with van der Waals surface area (Å²) >= 11 is 17.1. The number of thiocarbonyl (C=S) groups is 1. The minimum atomic E-state index is -3.06. The topological polar surface area (TPSA) is 94.4 Å². The quantitative estimate of drug-likeness (QED) is 0.243. The molecular formula is C25H23Cl2N5O3S2. The molecule has 37 heavy (non-hydrogen) atoms. The average Bonchev–Trinajstić information content (AvgIpc) is 3.31. The summed E-state index contributed by atoms with van der Waals surface area (Å²) in [4.78, 5) is 16.9. The standard InChI is InChI=1S/C25H23Cl2N5O3S2/c26-20-8-9-23(21(27)15-20)32-24(19-6-4-18(5-7-19)3-1-2-10-28-17-36)16-22(29-32)25(33)30-31-11-13-37(34,35)14-12-31/h4-9,15,24H,2,10-14,16H2,(H,30,33)/t24-/m1/s1. The van der Waals surface area contributed by atoms with E-state index in [0.717, 1.165) is 11.1 Å². The first kappa shape index (κ1) is 27.3. The predicted molar refractivity (Wildman–Crippen MR) is 150 cm³/mol. The summed E-state index contributed by atoms with van der Waals surface area (Å²) in [6.45, 7) is 0.985. The first-order valence-electron chi connectivity index (χ1n) is 11.5. The second-order valence-corrected chi connectivity index (χ2v) is 11.8. The van der Waals surface area contributed by atoms with Gasteiger partial charge in [0.25, 0.3) is 5.91 Å². The van der Waals surface area contributed by atoms with Crippen LogP contribution in [0.3, 0.4) is 0 Å². The number of hydrogen-bond donors (Lipinski definition) is 1. The van der Waals surface area contributed by atoms with Crippen LogP contribution in [0.2, 0.25) is 10.0 Å². The second-order valence-electron chi connectivity index (χ2n) is 8.43. The normalized spacial score (nSPS) is 18.8. The van der Waals surface area contributed by atoms with E-state index >= 15 is 0 Å². The van der Waals surface area contributed by atoms with E-state index in [9.17, 15) is 13.2 Å². The van der Waals surface area contributed by atoms with Gasteiger partial charge in [-0.2, -0.15) is 5.10 Å². The largest absolute Gasteiger partial charge is 0.284 e. The van der Waals surface area contributed by atoms with Crippen LogP contribution in [0.1, 0.15) is 30.0 Å². The van der Waals surface area contributed by atoms with Gasteiger partial charge in [0.05, 0.1) is 40.0 Å². The Kier molecular flexibility index (Phi) is 8.98. The van der Waals surface area contributed by atoms with Gasteiger partial charge in [-0.25, -0.2) is 18.4 Å². The van der Waals surface area contributed by atoms with E-state index in [1.54, 1.807) is 28.2 Å². The Morgan fingerprint density at radius 2 is 1.89 bits per heavy atom. The zero-order chi connectivity index (χ0) is 26.4. The van der Waals surface area contributed by atoms with E-state index < -0.39 is 9.84 Å². The molecule has 2 heterocycles. The highest BCUT2D eigenvalue weighted by atomic mass is 35.5. The molecule has 8 nitrogen and oxygen atoms in total. The molecule has 0 unspecified atom stereocenters. The Morgan fingerprint density at radius 3 is 2.57 bits per heavy atom. The van der Waals surface area contributed by atoms with E-state index in [2.05, 4.69) is 44.7 Å². The summed E-state index contributed by atoms with van der Waals surface area (Å²) < 4.78 is 23.4. The molecule has 1 fully saturated rings. The van der Waals surface area contributed by atoms with Crippen LogP contribution >= 0.6 is 35.4 Å². The summed E-state index contributed by atoms with van der Waals surface area (Å²) in [6.07, 6.45) is 0.920. The molecule has 1 amide bonds. The third-order valence-electron chi connectivity index (χ3n) is 5.87. The van der Waals surface area contributed by atoms with Crippen molar-refractivity contribution in [1.29, 1.82) is 0 Å². The molecule has 2 aliphatic rings. The van der Waals surface area contributed by atoms with Crippen molar-refractivity contribution < 1.29 is 13.2 Å². The highest BCUT2D eigenvalue weighted by Gasteiger charge is 2.34. The summed E-state index contributed by atoms with van der Waals surface area (Å²) in [6, 6.07) is 12.6. The van der Waals surface area contributed by atoms with E-state index in [1.165, 1.54) is 0 Å². The molecule has 4 rings (SSSR count). The second kappa shape index (κ2) is 12.2. The van der Waals surface area contributed by atoms with E-state index in [0.29, 0.717) is 40.8 Å². The maximum absolute atomic E-state index is 13.1. The van der Waals surface area contributed by atoms with Crippen molar-refractivity contribution in [2.75, 3.05) is 36.1 Å². The number of aliphatic imine (C=N–C) groups is 1. The number of anilines is 1. The lowest BCUT2D eigenvalue weighted by Crippen LogP contribution is -2.51. The van der Waals surface area contributed by atoms with Crippen molar-refractivity contribution in [1.82, 2.24) is 10.4 Å². The first-order chi connectivity index (χ1) is 17.8. The molecule has 0 bridgehead atoms. The highest BCUT2D eigenvalue weighted by molar-refractivity contribution is 7.91. The molecular weight excluding hydrogens is 553 g/mol. The maximum Gasteiger partial charge on any atom is 0.281 e. The maximum atomic E-state index is 13.1. The van der Waals surface area contributed by atoms with Gasteiger partial charge in [0.15, 0.2) is 9.84 Å². The van der Waals surface area contributed by atoms with Gasteiger partial charge in [-0.05, 0) is 48.1 Å². The van der Waals surface area contributed by atoms with Crippen molar-refractivity contribution in [3.8, 4) is 11.8 Å². The number of nitrogens with zero attached hydrogens (tertiary/aromatic N) is 4. The van der Waals surface area contributed by atoms with Gasteiger partial charge in [0.1, 0.15) is 5.71 Å². The number of amides is 1.